The van der Waals surface area contributed by atoms with Crippen LogP contribution in [0.15, 0.2) is 72.8 Å². The van der Waals surface area contributed by atoms with Gasteiger partial charge in [-0.1, -0.05) is 100 Å². The van der Waals surface area contributed by atoms with Crippen molar-refractivity contribution < 1.29 is 19.4 Å². The highest BCUT2D eigenvalue weighted by Crippen LogP contribution is 2.45. The second kappa shape index (κ2) is 12.2. The molecule has 5 aromatic carbocycles. The zero-order valence-corrected chi connectivity index (χ0v) is 24.1. The van der Waals surface area contributed by atoms with Crippen LogP contribution in [-0.4, -0.2) is 25.3 Å². The van der Waals surface area contributed by atoms with Crippen LogP contribution in [0.25, 0.3) is 32.3 Å². The Morgan fingerprint density at radius 1 is 0.800 bits per heavy atom. The minimum atomic E-state index is -0.815. The molecule has 0 heterocycles. The Morgan fingerprint density at radius 2 is 1.48 bits per heavy atom. The molecular weight excluding hydrogens is 496 g/mol. The van der Waals surface area contributed by atoms with Crippen molar-refractivity contribution in [2.45, 2.75) is 64.2 Å². The lowest BCUT2D eigenvalue weighted by molar-refractivity contribution is -0.139. The third-order valence-electron chi connectivity index (χ3n) is 8.83. The fourth-order valence-corrected chi connectivity index (χ4v) is 6.73. The van der Waals surface area contributed by atoms with Gasteiger partial charge in [-0.25, -0.2) is 0 Å². The van der Waals surface area contributed by atoms with Crippen molar-refractivity contribution in [3.63, 3.8) is 0 Å². The van der Waals surface area contributed by atoms with Crippen LogP contribution in [0.3, 0.4) is 0 Å². The number of benzene rings is 5. The van der Waals surface area contributed by atoms with Crippen molar-refractivity contribution in [1.82, 2.24) is 0 Å². The van der Waals surface area contributed by atoms with E-state index in [4.69, 9.17) is 9.47 Å². The quantitative estimate of drug-likeness (QED) is 0.120. The summed E-state index contributed by atoms with van der Waals surface area (Å²) in [4.78, 5) is 12.7. The molecular formula is C36H40O4. The fraction of sp³-hybridized carbons (Fsp3) is 0.361. The molecule has 0 aliphatic rings. The summed E-state index contributed by atoms with van der Waals surface area (Å²) in [6.45, 7) is 4.44. The summed E-state index contributed by atoms with van der Waals surface area (Å²) in [6.07, 6.45) is 5.95. The first-order valence-electron chi connectivity index (χ1n) is 14.6. The van der Waals surface area contributed by atoms with Crippen molar-refractivity contribution in [2.75, 3.05) is 14.2 Å². The first-order chi connectivity index (χ1) is 19.5. The van der Waals surface area contributed by atoms with Gasteiger partial charge in [-0.15, -0.1) is 0 Å². The molecule has 3 unspecified atom stereocenters. The average molecular weight is 537 g/mol. The van der Waals surface area contributed by atoms with Gasteiger partial charge in [-0.3, -0.25) is 4.79 Å². The molecule has 4 nitrogen and oxygen atoms in total. The lowest BCUT2D eigenvalue weighted by Crippen LogP contribution is -2.21. The number of carboxylic acid groups (broad SMARTS) is 1. The second-order valence-corrected chi connectivity index (χ2v) is 11.0. The van der Waals surface area contributed by atoms with Gasteiger partial charge in [0.15, 0.2) is 0 Å². The van der Waals surface area contributed by atoms with Crippen LogP contribution < -0.4 is 9.47 Å². The molecule has 4 heteroatoms. The fourth-order valence-electron chi connectivity index (χ4n) is 6.73. The van der Waals surface area contributed by atoms with Crippen molar-refractivity contribution in [3.05, 3.63) is 83.9 Å². The van der Waals surface area contributed by atoms with Crippen molar-refractivity contribution in [2.24, 2.45) is 5.92 Å². The summed E-state index contributed by atoms with van der Waals surface area (Å²) in [7, 11) is 3.19. The Hall–Kier alpha value is -3.79. The number of rotatable bonds is 13. The summed E-state index contributed by atoms with van der Waals surface area (Å²) < 4.78 is 11.0. The minimum Gasteiger partial charge on any atom is -0.497 e. The smallest absolute Gasteiger partial charge is 0.311 e. The van der Waals surface area contributed by atoms with Gasteiger partial charge in [0.1, 0.15) is 11.5 Å². The Morgan fingerprint density at radius 3 is 2.12 bits per heavy atom. The SMILES string of the molecule is CCCCCC(c1ccc2ccc3cccc4ccc1c2c34)C(CC)CC(C(=O)O)c1ccc(OC)cc1OC. The standard InChI is InChI=1S/C36H40O4/c1-5-7-8-12-28(23(6-2)21-32(36(37)38)30-20-17-27(39-3)22-33(30)40-4)29-18-15-26-14-13-24-10-9-11-25-16-19-31(29)35(26)34(24)25/h9-11,13-20,22-23,28,32H,5-8,12,21H2,1-4H3,(H,37,38). The maximum atomic E-state index is 12.7. The van der Waals surface area contributed by atoms with E-state index in [1.807, 2.05) is 12.1 Å². The van der Waals surface area contributed by atoms with Gasteiger partial charge in [0.05, 0.1) is 20.1 Å². The van der Waals surface area contributed by atoms with Crippen LogP contribution in [0, 0.1) is 5.92 Å². The van der Waals surface area contributed by atoms with Gasteiger partial charge in [0, 0.05) is 11.6 Å². The first-order valence-corrected chi connectivity index (χ1v) is 14.6. The van der Waals surface area contributed by atoms with E-state index in [1.54, 1.807) is 20.3 Å². The number of methoxy groups -OCH3 is 2. The van der Waals surface area contributed by atoms with Gasteiger partial charge in [0.2, 0.25) is 0 Å². The largest absolute Gasteiger partial charge is 0.497 e. The van der Waals surface area contributed by atoms with Crippen molar-refractivity contribution in [3.8, 4) is 11.5 Å². The molecule has 0 aliphatic heterocycles. The van der Waals surface area contributed by atoms with Crippen LogP contribution in [-0.2, 0) is 4.79 Å². The van der Waals surface area contributed by atoms with Crippen LogP contribution >= 0.6 is 0 Å². The number of unbranched alkanes of at least 4 members (excludes halogenated alkanes) is 2. The normalized spacial score (nSPS) is 14.0. The maximum Gasteiger partial charge on any atom is 0.311 e. The molecule has 1 N–H and O–H groups in total. The average Bonchev–Trinajstić information content (AvgIpc) is 2.99. The van der Waals surface area contributed by atoms with Gasteiger partial charge in [0.25, 0.3) is 0 Å². The van der Waals surface area contributed by atoms with Crippen LogP contribution in [0.5, 0.6) is 11.5 Å². The number of hydrogen-bond donors (Lipinski definition) is 1. The molecule has 208 valence electrons. The molecule has 0 radical (unpaired) electrons. The van der Waals surface area contributed by atoms with Crippen LogP contribution in [0.1, 0.15) is 75.3 Å². The summed E-state index contributed by atoms with van der Waals surface area (Å²) in [5, 5.41) is 18.2. The van der Waals surface area contributed by atoms with E-state index in [2.05, 4.69) is 68.4 Å². The Labute approximate surface area is 237 Å². The summed E-state index contributed by atoms with van der Waals surface area (Å²) >= 11 is 0. The lowest BCUT2D eigenvalue weighted by atomic mass is 9.73. The lowest BCUT2D eigenvalue weighted by Gasteiger charge is -2.31. The van der Waals surface area contributed by atoms with Crippen molar-refractivity contribution in [1.29, 1.82) is 0 Å². The number of aliphatic carboxylic acids is 1. The molecule has 3 atom stereocenters. The van der Waals surface area contributed by atoms with E-state index >= 15 is 0 Å². The molecule has 40 heavy (non-hydrogen) atoms. The number of ether oxygens (including phenoxy) is 2. The van der Waals surface area contributed by atoms with Gasteiger partial charge in [-0.05, 0) is 68.6 Å². The highest BCUT2D eigenvalue weighted by molar-refractivity contribution is 6.23. The molecule has 0 saturated heterocycles. The summed E-state index contributed by atoms with van der Waals surface area (Å²) in [5.41, 5.74) is 2.05. The van der Waals surface area contributed by atoms with Gasteiger partial charge in [-0.2, -0.15) is 0 Å². The zero-order chi connectivity index (χ0) is 28.2. The summed E-state index contributed by atoms with van der Waals surface area (Å²) in [5.74, 6) is 0.189. The molecule has 0 aliphatic carbocycles. The number of carboxylic acids is 1. The molecule has 0 saturated carbocycles. The third kappa shape index (κ3) is 5.20. The Kier molecular flexibility index (Phi) is 8.44. The molecule has 0 aromatic heterocycles. The first kappa shape index (κ1) is 27.8. The molecule has 0 bridgehead atoms. The minimum absolute atomic E-state index is 0.197. The highest BCUT2D eigenvalue weighted by Gasteiger charge is 2.32. The topological polar surface area (TPSA) is 55.8 Å². The van der Waals surface area contributed by atoms with Crippen LogP contribution in [0.4, 0.5) is 0 Å². The van der Waals surface area contributed by atoms with Crippen molar-refractivity contribution >= 4 is 38.3 Å². The van der Waals surface area contributed by atoms with Gasteiger partial charge >= 0.3 is 5.97 Å². The van der Waals surface area contributed by atoms with E-state index in [0.29, 0.717) is 23.5 Å². The Bertz CT molecular complexity index is 1590. The third-order valence-corrected chi connectivity index (χ3v) is 8.83. The van der Waals surface area contributed by atoms with E-state index < -0.39 is 11.9 Å². The maximum absolute atomic E-state index is 12.7. The zero-order valence-electron chi connectivity index (χ0n) is 24.1. The molecule has 5 aromatic rings. The monoisotopic (exact) mass is 536 g/mol. The van der Waals surface area contributed by atoms with Crippen LogP contribution in [0.2, 0.25) is 0 Å². The molecule has 0 fully saturated rings. The Balaban J connectivity index is 1.61. The molecule has 5 rings (SSSR count). The number of carbonyl (C=O) groups is 1. The number of hydrogen-bond acceptors (Lipinski definition) is 3. The highest BCUT2D eigenvalue weighted by atomic mass is 16.5. The van der Waals surface area contributed by atoms with E-state index in [9.17, 15) is 9.90 Å². The van der Waals surface area contributed by atoms with Gasteiger partial charge < -0.3 is 14.6 Å². The second-order valence-electron chi connectivity index (χ2n) is 11.0. The predicted molar refractivity (Wildman–Crippen MR) is 165 cm³/mol. The summed E-state index contributed by atoms with van der Waals surface area (Å²) in [6, 6.07) is 25.6. The molecule has 0 spiro atoms. The van der Waals surface area contributed by atoms with E-state index in [0.717, 1.165) is 25.7 Å². The predicted octanol–water partition coefficient (Wildman–Crippen LogP) is 9.55. The molecule has 0 amide bonds. The van der Waals surface area contributed by atoms with E-state index in [1.165, 1.54) is 44.3 Å². The van der Waals surface area contributed by atoms with E-state index in [-0.39, 0.29) is 11.8 Å².